The number of urea groups is 2. The molecule has 0 N–H and O–H groups in total. The van der Waals surface area contributed by atoms with Gasteiger partial charge in [-0.3, -0.25) is 0 Å². The SMILES string of the molecule is CC(=[N-])C[CH-]N1C(=O)N=NC1=O.[U+2]. The molecule has 0 bridgehead atoms. The third-order valence-electron chi connectivity index (χ3n) is 1.20. The maximum Gasteiger partial charge on any atom is 2.00 e. The zero-order valence-corrected chi connectivity index (χ0v) is 11.1. The Kier molecular flexibility index (Phi) is 5.03. The summed E-state index contributed by atoms with van der Waals surface area (Å²) in [6, 6.07) is -1.44. The van der Waals surface area contributed by atoms with Crippen LogP contribution in [-0.2, 0) is 0 Å². The van der Waals surface area contributed by atoms with Crippen LogP contribution in [0.15, 0.2) is 10.2 Å². The third-order valence-corrected chi connectivity index (χ3v) is 1.20. The van der Waals surface area contributed by atoms with Crippen LogP contribution in [0.5, 0.6) is 0 Å². The van der Waals surface area contributed by atoms with Gasteiger partial charge in [-0.1, -0.05) is 17.2 Å². The van der Waals surface area contributed by atoms with Crippen molar-refractivity contribution in [1.82, 2.24) is 4.90 Å². The smallest absolute Gasteiger partial charge is 0.814 e. The van der Waals surface area contributed by atoms with Gasteiger partial charge in [0.05, 0.1) is 0 Å². The second-order valence-electron chi connectivity index (χ2n) is 2.26. The molecule has 0 atom stereocenters. The Morgan fingerprint density at radius 3 is 2.31 bits per heavy atom. The first-order chi connectivity index (χ1) is 5.61. The summed E-state index contributed by atoms with van der Waals surface area (Å²) in [5, 5.41) is 14.8. The number of nitrogens with zero attached hydrogens (tertiary/aromatic N) is 4. The first-order valence-corrected chi connectivity index (χ1v) is 3.25. The molecular weight excluding hydrogens is 398 g/mol. The van der Waals surface area contributed by atoms with E-state index in [9.17, 15) is 9.59 Å². The molecule has 66 valence electrons. The molecule has 1 rings (SSSR count). The summed E-state index contributed by atoms with van der Waals surface area (Å²) in [5.41, 5.74) is 0.113. The number of amides is 4. The van der Waals surface area contributed by atoms with E-state index in [0.717, 1.165) is 4.90 Å². The molecule has 0 aromatic rings. The van der Waals surface area contributed by atoms with E-state index in [-0.39, 0.29) is 43.2 Å². The van der Waals surface area contributed by atoms with E-state index < -0.39 is 12.1 Å². The molecule has 0 fully saturated rings. The molecule has 0 unspecified atom stereocenters. The molecule has 0 aromatic heterocycles. The van der Waals surface area contributed by atoms with Gasteiger partial charge in [-0.25, -0.2) is 21.8 Å². The van der Waals surface area contributed by atoms with Gasteiger partial charge in [-0.2, -0.15) is 6.42 Å². The van der Waals surface area contributed by atoms with Crippen molar-refractivity contribution < 1.29 is 40.7 Å². The van der Waals surface area contributed by atoms with Crippen LogP contribution in [0.4, 0.5) is 9.59 Å². The zero-order valence-electron chi connectivity index (χ0n) is 6.89. The van der Waals surface area contributed by atoms with Gasteiger partial charge in [-0.15, -0.1) is 0 Å². The molecule has 0 saturated heterocycles. The molecule has 0 aromatic carbocycles. The van der Waals surface area contributed by atoms with Crippen LogP contribution in [-0.4, -0.2) is 22.7 Å². The largest absolute Gasteiger partial charge is 2.00 e. The molecule has 0 spiro atoms. The van der Waals surface area contributed by atoms with E-state index in [1.165, 1.54) is 13.5 Å². The molecule has 7 heteroatoms. The number of hydrogen-bond acceptors (Lipinski definition) is 2. The summed E-state index contributed by atoms with van der Waals surface area (Å²) in [7, 11) is 0. The third kappa shape index (κ3) is 3.37. The number of azo groups is 1. The number of imide groups is 1. The van der Waals surface area contributed by atoms with Crippen LogP contribution in [0.3, 0.4) is 0 Å². The Morgan fingerprint density at radius 2 is 1.92 bits per heavy atom. The predicted molar refractivity (Wildman–Crippen MR) is 40.4 cm³/mol. The first kappa shape index (κ1) is 12.5. The monoisotopic (exact) mass is 404 g/mol. The van der Waals surface area contributed by atoms with Gasteiger partial charge in [0.2, 0.25) is 0 Å². The molecular formula is C6H6N4O2U. The van der Waals surface area contributed by atoms with Gasteiger partial charge in [0.25, 0.3) is 0 Å². The Balaban J connectivity index is 0.00000144. The maximum absolute atomic E-state index is 10.7. The second-order valence-corrected chi connectivity index (χ2v) is 2.26. The maximum atomic E-state index is 10.7. The summed E-state index contributed by atoms with van der Waals surface area (Å²) in [6.45, 7) is 2.70. The first-order valence-electron chi connectivity index (χ1n) is 3.25. The minimum atomic E-state index is -0.721. The fourth-order valence-electron chi connectivity index (χ4n) is 0.643. The summed E-state index contributed by atoms with van der Waals surface area (Å²) >= 11 is 0. The van der Waals surface area contributed by atoms with Crippen molar-refractivity contribution in [2.45, 2.75) is 13.3 Å². The fourth-order valence-corrected chi connectivity index (χ4v) is 0.643. The molecule has 0 aliphatic carbocycles. The van der Waals surface area contributed by atoms with Gasteiger partial charge in [0.15, 0.2) is 0 Å². The standard InChI is InChI=1S/C6H6N4O2.U/c1-4(7)2-3-10-5(11)8-9-6(10)12;/h3H,2H2,1H3;/q-2;+2. The van der Waals surface area contributed by atoms with Crippen LogP contribution >= 0.6 is 0 Å². The van der Waals surface area contributed by atoms with E-state index in [4.69, 9.17) is 5.41 Å². The minimum Gasteiger partial charge on any atom is -0.814 e. The number of carbonyl (C=O) groups excluding carboxylic acids is 2. The topological polar surface area (TPSA) is 84.4 Å². The van der Waals surface area contributed by atoms with Crippen molar-refractivity contribution in [1.29, 1.82) is 0 Å². The van der Waals surface area contributed by atoms with E-state index in [0.29, 0.717) is 0 Å². The molecule has 1 aliphatic rings. The molecule has 1 heterocycles. The summed E-state index contributed by atoms with van der Waals surface area (Å²) in [4.78, 5) is 22.2. The van der Waals surface area contributed by atoms with Crippen molar-refractivity contribution in [3.63, 3.8) is 0 Å². The second kappa shape index (κ2) is 5.25. The van der Waals surface area contributed by atoms with E-state index in [2.05, 4.69) is 10.2 Å². The van der Waals surface area contributed by atoms with Crippen LogP contribution in [0.1, 0.15) is 13.3 Å². The van der Waals surface area contributed by atoms with Gasteiger partial charge >= 0.3 is 43.2 Å². The van der Waals surface area contributed by atoms with E-state index in [1.807, 2.05) is 0 Å². The molecule has 4 amide bonds. The van der Waals surface area contributed by atoms with Crippen molar-refractivity contribution in [3.8, 4) is 0 Å². The van der Waals surface area contributed by atoms with Crippen molar-refractivity contribution in [2.75, 3.05) is 0 Å². The van der Waals surface area contributed by atoms with Crippen LogP contribution in [0, 0.1) is 37.7 Å². The molecule has 1 aliphatic heterocycles. The van der Waals surface area contributed by atoms with Crippen LogP contribution in [0.2, 0.25) is 0 Å². The molecule has 13 heavy (non-hydrogen) atoms. The predicted octanol–water partition coefficient (Wildman–Crippen LogP) is 1.58. The summed E-state index contributed by atoms with van der Waals surface area (Å²) in [5.74, 6) is 0. The van der Waals surface area contributed by atoms with Gasteiger partial charge in [0.1, 0.15) is 0 Å². The Hall–Kier alpha value is -0.538. The number of hydrogen-bond donors (Lipinski definition) is 0. The Labute approximate surface area is 98.7 Å². The molecule has 0 radical (unpaired) electrons. The van der Waals surface area contributed by atoms with E-state index in [1.54, 1.807) is 0 Å². The zero-order chi connectivity index (χ0) is 9.14. The van der Waals surface area contributed by atoms with Gasteiger partial charge < -0.3 is 10.3 Å². The number of rotatable bonds is 3. The average molecular weight is 404 g/mol. The minimum absolute atomic E-state index is 0. The average Bonchev–Trinajstić information content (AvgIpc) is 2.28. The van der Waals surface area contributed by atoms with Crippen molar-refractivity contribution in [2.24, 2.45) is 10.2 Å². The van der Waals surface area contributed by atoms with Crippen molar-refractivity contribution in [3.05, 3.63) is 12.0 Å². The van der Waals surface area contributed by atoms with E-state index >= 15 is 0 Å². The fraction of sp³-hybridized carbons (Fsp3) is 0.333. The quantitative estimate of drug-likeness (QED) is 0.529. The summed E-state index contributed by atoms with van der Waals surface area (Å²) in [6.07, 6.45) is 0.141. The molecule has 6 nitrogen and oxygen atoms in total. The van der Waals surface area contributed by atoms with Crippen LogP contribution in [0.25, 0.3) is 5.41 Å². The Morgan fingerprint density at radius 1 is 1.46 bits per heavy atom. The Bertz CT molecular complexity index is 258. The molecule has 0 saturated carbocycles. The normalized spacial score (nSPS) is 14.7. The van der Waals surface area contributed by atoms with Gasteiger partial charge in [0, 0.05) is 0 Å². The summed E-state index contributed by atoms with van der Waals surface area (Å²) < 4.78 is 0. The number of carbonyl (C=O) groups is 2. The van der Waals surface area contributed by atoms with Crippen molar-refractivity contribution >= 4 is 17.8 Å². The van der Waals surface area contributed by atoms with Gasteiger partial charge in [-0.05, 0) is 0 Å². The van der Waals surface area contributed by atoms with Crippen LogP contribution < -0.4 is 0 Å².